The van der Waals surface area contributed by atoms with Crippen molar-refractivity contribution in [3.63, 3.8) is 0 Å². The fourth-order valence-corrected chi connectivity index (χ4v) is 0.805. The number of ether oxygens (including phenoxy) is 1. The van der Waals surface area contributed by atoms with Gasteiger partial charge in [-0.15, -0.1) is 0 Å². The van der Waals surface area contributed by atoms with E-state index < -0.39 is 0 Å². The summed E-state index contributed by atoms with van der Waals surface area (Å²) in [6.45, 7) is -0.0719. The molecule has 0 aromatic rings. The molecule has 11 heavy (non-hydrogen) atoms. The molecule has 1 saturated heterocycles. The molecule has 62 valence electrons. The molecule has 0 atom stereocenters. The number of imide groups is 1. The van der Waals surface area contributed by atoms with Crippen molar-refractivity contribution >= 4 is 11.8 Å². The number of hydrogen-bond acceptors (Lipinski definition) is 4. The summed E-state index contributed by atoms with van der Waals surface area (Å²) in [7, 11) is 1.42. The van der Waals surface area contributed by atoms with Crippen LogP contribution in [0.1, 0.15) is 12.8 Å². The highest BCUT2D eigenvalue weighted by Crippen LogP contribution is 2.11. The zero-order valence-corrected chi connectivity index (χ0v) is 6.20. The van der Waals surface area contributed by atoms with Gasteiger partial charge in [0.15, 0.2) is 6.79 Å². The number of hydroxylamine groups is 2. The minimum absolute atomic E-state index is 0.0719. The Labute approximate surface area is 63.8 Å². The van der Waals surface area contributed by atoms with Crippen molar-refractivity contribution < 1.29 is 19.2 Å². The Morgan fingerprint density at radius 1 is 1.36 bits per heavy atom. The Bertz CT molecular complexity index is 163. The molecule has 1 heterocycles. The van der Waals surface area contributed by atoms with Crippen LogP contribution in [0.3, 0.4) is 0 Å². The van der Waals surface area contributed by atoms with Crippen molar-refractivity contribution in [1.29, 1.82) is 0 Å². The Kier molecular flexibility index (Phi) is 2.56. The third-order valence-electron chi connectivity index (χ3n) is 1.31. The molecule has 1 fully saturated rings. The van der Waals surface area contributed by atoms with Crippen LogP contribution in [-0.2, 0) is 19.2 Å². The second-order valence-corrected chi connectivity index (χ2v) is 2.12. The molecule has 5 nitrogen and oxygen atoms in total. The number of amides is 2. The van der Waals surface area contributed by atoms with E-state index in [1.165, 1.54) is 7.11 Å². The van der Waals surface area contributed by atoms with Crippen LogP contribution in [0.5, 0.6) is 0 Å². The maximum Gasteiger partial charge on any atom is 0.254 e. The Morgan fingerprint density at radius 3 is 2.36 bits per heavy atom. The average Bonchev–Trinajstić information content (AvgIpc) is 2.29. The fraction of sp³-hybridized carbons (Fsp3) is 0.667. The molecule has 2 amide bonds. The van der Waals surface area contributed by atoms with E-state index in [2.05, 4.69) is 9.57 Å². The maximum atomic E-state index is 10.8. The molecule has 0 bridgehead atoms. The lowest BCUT2D eigenvalue weighted by atomic mass is 10.4. The van der Waals surface area contributed by atoms with Crippen LogP contribution in [0.15, 0.2) is 0 Å². The second kappa shape index (κ2) is 3.45. The first kappa shape index (κ1) is 8.16. The lowest BCUT2D eigenvalue weighted by Crippen LogP contribution is -2.29. The van der Waals surface area contributed by atoms with Crippen LogP contribution < -0.4 is 0 Å². The number of carbonyl (C=O) groups excluding carboxylic acids is 2. The van der Waals surface area contributed by atoms with Crippen LogP contribution in [-0.4, -0.2) is 30.8 Å². The first-order valence-corrected chi connectivity index (χ1v) is 3.23. The summed E-state index contributed by atoms with van der Waals surface area (Å²) in [6.07, 6.45) is 0.477. The molecule has 0 aliphatic carbocycles. The molecule has 0 aromatic heterocycles. The Hall–Kier alpha value is -0.940. The first-order chi connectivity index (χ1) is 5.25. The summed E-state index contributed by atoms with van der Waals surface area (Å²) in [5, 5.41) is 0.753. The van der Waals surface area contributed by atoms with Gasteiger partial charge in [-0.25, -0.2) is 4.84 Å². The predicted molar refractivity (Wildman–Crippen MR) is 34.0 cm³/mol. The van der Waals surface area contributed by atoms with Crippen molar-refractivity contribution in [1.82, 2.24) is 5.06 Å². The summed E-state index contributed by atoms with van der Waals surface area (Å²) in [5.41, 5.74) is 0. The van der Waals surface area contributed by atoms with Gasteiger partial charge in [0, 0.05) is 20.0 Å². The fourth-order valence-electron chi connectivity index (χ4n) is 0.805. The molecule has 1 aliphatic heterocycles. The maximum absolute atomic E-state index is 10.8. The van der Waals surface area contributed by atoms with E-state index in [-0.39, 0.29) is 31.4 Å². The number of hydrogen-bond donors (Lipinski definition) is 0. The lowest BCUT2D eigenvalue weighted by molar-refractivity contribution is -0.212. The summed E-state index contributed by atoms with van der Waals surface area (Å²) in [4.78, 5) is 26.3. The second-order valence-electron chi connectivity index (χ2n) is 2.12. The van der Waals surface area contributed by atoms with Gasteiger partial charge in [0.05, 0.1) is 0 Å². The monoisotopic (exact) mass is 159 g/mol. The van der Waals surface area contributed by atoms with E-state index in [1.54, 1.807) is 0 Å². The van der Waals surface area contributed by atoms with Gasteiger partial charge >= 0.3 is 0 Å². The SMILES string of the molecule is COCON1C(=O)CCC1=O. The van der Waals surface area contributed by atoms with Crippen LogP contribution in [0.25, 0.3) is 0 Å². The van der Waals surface area contributed by atoms with Gasteiger partial charge < -0.3 is 4.74 Å². The zero-order valence-electron chi connectivity index (χ0n) is 6.20. The molecule has 0 spiro atoms. The van der Waals surface area contributed by atoms with Crippen LogP contribution in [0.2, 0.25) is 0 Å². The lowest BCUT2D eigenvalue weighted by Gasteiger charge is -2.11. The average molecular weight is 159 g/mol. The van der Waals surface area contributed by atoms with Gasteiger partial charge in [-0.3, -0.25) is 9.59 Å². The topological polar surface area (TPSA) is 55.8 Å². The van der Waals surface area contributed by atoms with Crippen molar-refractivity contribution in [3.05, 3.63) is 0 Å². The van der Waals surface area contributed by atoms with E-state index >= 15 is 0 Å². The highest BCUT2D eigenvalue weighted by molar-refractivity contribution is 6.00. The van der Waals surface area contributed by atoms with Gasteiger partial charge in [0.25, 0.3) is 11.8 Å². The first-order valence-electron chi connectivity index (χ1n) is 3.23. The Morgan fingerprint density at radius 2 is 1.91 bits per heavy atom. The van der Waals surface area contributed by atoms with E-state index in [0.717, 1.165) is 5.06 Å². The standard InChI is InChI=1S/C6H9NO4/c1-10-4-11-7-5(8)2-3-6(7)9/h2-4H2,1H3. The predicted octanol–water partition coefficient (Wildman–Crippen LogP) is -0.329. The molecular weight excluding hydrogens is 150 g/mol. The quantitative estimate of drug-likeness (QED) is 0.418. The van der Waals surface area contributed by atoms with Gasteiger partial charge in [0.1, 0.15) is 0 Å². The molecule has 0 saturated carbocycles. The van der Waals surface area contributed by atoms with Gasteiger partial charge in [-0.05, 0) is 0 Å². The highest BCUT2D eigenvalue weighted by Gasteiger charge is 2.29. The highest BCUT2D eigenvalue weighted by atomic mass is 16.8. The number of carbonyl (C=O) groups is 2. The number of rotatable bonds is 3. The third kappa shape index (κ3) is 1.75. The van der Waals surface area contributed by atoms with E-state index in [4.69, 9.17) is 0 Å². The molecule has 0 unspecified atom stereocenters. The molecule has 0 radical (unpaired) electrons. The minimum atomic E-state index is -0.299. The molecule has 1 aliphatic rings. The van der Waals surface area contributed by atoms with Crippen molar-refractivity contribution in [2.75, 3.05) is 13.9 Å². The van der Waals surface area contributed by atoms with E-state index in [1.807, 2.05) is 0 Å². The normalized spacial score (nSPS) is 18.1. The van der Waals surface area contributed by atoms with Crippen molar-refractivity contribution in [3.8, 4) is 0 Å². The number of nitrogens with zero attached hydrogens (tertiary/aromatic N) is 1. The van der Waals surface area contributed by atoms with Gasteiger partial charge in [-0.1, -0.05) is 0 Å². The van der Waals surface area contributed by atoms with Crippen LogP contribution >= 0.6 is 0 Å². The summed E-state index contributed by atoms with van der Waals surface area (Å²) < 4.78 is 4.53. The van der Waals surface area contributed by atoms with Crippen LogP contribution in [0, 0.1) is 0 Å². The zero-order chi connectivity index (χ0) is 8.27. The van der Waals surface area contributed by atoms with E-state index in [0.29, 0.717) is 0 Å². The molecular formula is C6H9NO4. The Balaban J connectivity index is 2.41. The molecule has 5 heteroatoms. The summed E-state index contributed by atoms with van der Waals surface area (Å²) >= 11 is 0. The smallest absolute Gasteiger partial charge is 0.254 e. The summed E-state index contributed by atoms with van der Waals surface area (Å²) in [5.74, 6) is -0.598. The van der Waals surface area contributed by atoms with E-state index in [9.17, 15) is 9.59 Å². The van der Waals surface area contributed by atoms with Gasteiger partial charge in [-0.2, -0.15) is 5.06 Å². The van der Waals surface area contributed by atoms with Crippen LogP contribution in [0.4, 0.5) is 0 Å². The molecule has 1 rings (SSSR count). The molecule has 0 aromatic carbocycles. The third-order valence-corrected chi connectivity index (χ3v) is 1.31. The van der Waals surface area contributed by atoms with Gasteiger partial charge in [0.2, 0.25) is 0 Å². The summed E-state index contributed by atoms with van der Waals surface area (Å²) in [6, 6.07) is 0. The molecule has 0 N–H and O–H groups in total. The van der Waals surface area contributed by atoms with Crippen molar-refractivity contribution in [2.24, 2.45) is 0 Å². The number of methoxy groups -OCH3 is 1. The largest absolute Gasteiger partial charge is 0.356 e. The van der Waals surface area contributed by atoms with Crippen molar-refractivity contribution in [2.45, 2.75) is 12.8 Å². The minimum Gasteiger partial charge on any atom is -0.356 e.